The Labute approximate surface area is 209 Å². The summed E-state index contributed by atoms with van der Waals surface area (Å²) in [5.74, 6) is -1.35. The first-order valence-electron chi connectivity index (χ1n) is 10.7. The Balaban J connectivity index is 1.80. The van der Waals surface area contributed by atoms with Gasteiger partial charge >= 0.3 is 0 Å². The fraction of sp³-hybridized carbons (Fsp3) is 0.200. The first-order chi connectivity index (χ1) is 16.6. The minimum atomic E-state index is -4.14. The summed E-state index contributed by atoms with van der Waals surface area (Å²) in [7, 11) is -0.294. The van der Waals surface area contributed by atoms with Crippen LogP contribution in [-0.2, 0) is 21.4 Å². The van der Waals surface area contributed by atoms with E-state index < -0.39 is 34.8 Å². The number of hydrazone groups is 1. The zero-order chi connectivity index (χ0) is 25.6. The normalized spacial score (nSPS) is 11.7. The monoisotopic (exact) mass is 516 g/mol. The van der Waals surface area contributed by atoms with Gasteiger partial charge in [-0.15, -0.1) is 0 Å². The van der Waals surface area contributed by atoms with Gasteiger partial charge in [-0.25, -0.2) is 18.2 Å². The van der Waals surface area contributed by atoms with Gasteiger partial charge < -0.3 is 4.90 Å². The van der Waals surface area contributed by atoms with E-state index in [1.807, 2.05) is 50.2 Å². The van der Waals surface area contributed by atoms with Crippen molar-refractivity contribution in [2.45, 2.75) is 18.4 Å². The first-order valence-corrected chi connectivity index (χ1v) is 12.5. The number of carbonyl (C=O) groups excluding carboxylic acids is 1. The molecule has 0 aromatic heterocycles. The number of hydrogen-bond acceptors (Lipinski definition) is 5. The van der Waals surface area contributed by atoms with Gasteiger partial charge in [-0.2, -0.15) is 9.41 Å². The maximum atomic E-state index is 14.4. The van der Waals surface area contributed by atoms with E-state index in [0.717, 1.165) is 21.1 Å². The number of halogens is 2. The van der Waals surface area contributed by atoms with Crippen molar-refractivity contribution in [2.75, 3.05) is 25.5 Å². The molecule has 0 heterocycles. The molecule has 0 fully saturated rings. The molecule has 1 N–H and O–H groups in total. The summed E-state index contributed by atoms with van der Waals surface area (Å²) in [5, 5.41) is 3.98. The average Bonchev–Trinajstić information content (AvgIpc) is 2.81. The quantitative estimate of drug-likeness (QED) is 0.341. The van der Waals surface area contributed by atoms with E-state index in [-0.39, 0.29) is 15.5 Å². The molecule has 7 nitrogen and oxygen atoms in total. The highest BCUT2D eigenvalue weighted by molar-refractivity contribution is 7.89. The summed E-state index contributed by atoms with van der Waals surface area (Å²) in [6.45, 7) is 0.815. The second kappa shape index (κ2) is 11.4. The predicted molar refractivity (Wildman–Crippen MR) is 137 cm³/mol. The van der Waals surface area contributed by atoms with Crippen molar-refractivity contribution in [1.29, 1.82) is 0 Å². The third kappa shape index (κ3) is 6.88. The molecule has 3 rings (SSSR count). The van der Waals surface area contributed by atoms with Gasteiger partial charge in [0.15, 0.2) is 0 Å². The molecule has 0 aliphatic rings. The Morgan fingerprint density at radius 1 is 1.06 bits per heavy atom. The molecule has 0 aliphatic heterocycles. The minimum Gasteiger partial charge on any atom is -0.378 e. The SMILES string of the molecule is Cc1ccc(S(=O)(=O)N(CC(=O)N/N=C\c2ccc(N(C)C)cc2)Cc2c(F)cccc2Cl)cc1. The summed E-state index contributed by atoms with van der Waals surface area (Å²) < 4.78 is 42.0. The van der Waals surface area contributed by atoms with E-state index in [0.29, 0.717) is 0 Å². The Kier molecular flexibility index (Phi) is 8.61. The summed E-state index contributed by atoms with van der Waals surface area (Å²) in [6, 6.07) is 17.7. The van der Waals surface area contributed by atoms with Crippen LogP contribution in [0.5, 0.6) is 0 Å². The maximum Gasteiger partial charge on any atom is 0.255 e. The smallest absolute Gasteiger partial charge is 0.255 e. The Morgan fingerprint density at radius 3 is 2.31 bits per heavy atom. The van der Waals surface area contributed by atoms with Crippen molar-refractivity contribution in [3.8, 4) is 0 Å². The number of nitrogens with zero attached hydrogens (tertiary/aromatic N) is 3. The highest BCUT2D eigenvalue weighted by atomic mass is 35.5. The van der Waals surface area contributed by atoms with E-state index >= 15 is 0 Å². The number of aryl methyl sites for hydroxylation is 1. The molecule has 184 valence electrons. The van der Waals surface area contributed by atoms with Gasteiger partial charge in [0.25, 0.3) is 5.91 Å². The highest BCUT2D eigenvalue weighted by Crippen LogP contribution is 2.24. The number of carbonyl (C=O) groups is 1. The lowest BCUT2D eigenvalue weighted by atomic mass is 10.2. The third-order valence-corrected chi connectivity index (χ3v) is 7.35. The van der Waals surface area contributed by atoms with Crippen LogP contribution in [0.25, 0.3) is 0 Å². The number of benzene rings is 3. The van der Waals surface area contributed by atoms with Crippen molar-refractivity contribution >= 4 is 39.4 Å². The van der Waals surface area contributed by atoms with Crippen molar-refractivity contribution in [3.63, 3.8) is 0 Å². The largest absolute Gasteiger partial charge is 0.378 e. The zero-order valence-electron chi connectivity index (χ0n) is 19.6. The summed E-state index contributed by atoms with van der Waals surface area (Å²) >= 11 is 6.12. The average molecular weight is 517 g/mol. The lowest BCUT2D eigenvalue weighted by Gasteiger charge is -2.22. The first kappa shape index (κ1) is 26.3. The Bertz CT molecular complexity index is 1290. The number of hydrogen-bond donors (Lipinski definition) is 1. The van der Waals surface area contributed by atoms with Crippen LogP contribution in [0.3, 0.4) is 0 Å². The van der Waals surface area contributed by atoms with Gasteiger partial charge in [0, 0.05) is 36.9 Å². The Morgan fingerprint density at radius 2 is 1.71 bits per heavy atom. The van der Waals surface area contributed by atoms with E-state index in [4.69, 9.17) is 11.6 Å². The van der Waals surface area contributed by atoms with Gasteiger partial charge in [-0.3, -0.25) is 4.79 Å². The lowest BCUT2D eigenvalue weighted by molar-refractivity contribution is -0.121. The molecule has 0 radical (unpaired) electrons. The third-order valence-electron chi connectivity index (χ3n) is 5.19. The standard InChI is InChI=1S/C25H26ClFN4O3S/c1-18-7-13-21(14-8-18)35(33,34)31(16-22-23(26)5-4-6-24(22)27)17-25(32)29-28-15-19-9-11-20(12-10-19)30(2)3/h4-15H,16-17H2,1-3H3,(H,29,32)/b28-15-. The molecule has 0 saturated carbocycles. The topological polar surface area (TPSA) is 82.1 Å². The second-order valence-electron chi connectivity index (χ2n) is 8.07. The van der Waals surface area contributed by atoms with Crippen molar-refractivity contribution in [2.24, 2.45) is 5.10 Å². The predicted octanol–water partition coefficient (Wildman–Crippen LogP) is 4.19. The number of sulfonamides is 1. The van der Waals surface area contributed by atoms with Crippen LogP contribution in [-0.4, -0.2) is 45.5 Å². The molecule has 0 spiro atoms. The molecule has 0 unspecified atom stereocenters. The minimum absolute atomic E-state index is 0.0205. The van der Waals surface area contributed by atoms with Crippen molar-refractivity contribution in [3.05, 3.63) is 94.3 Å². The van der Waals surface area contributed by atoms with Gasteiger partial charge in [0.2, 0.25) is 10.0 Å². The molecular weight excluding hydrogens is 491 g/mol. The van der Waals surface area contributed by atoms with Gasteiger partial charge in [-0.05, 0) is 48.9 Å². The van der Waals surface area contributed by atoms with Gasteiger partial charge in [-0.1, -0.05) is 47.5 Å². The highest BCUT2D eigenvalue weighted by Gasteiger charge is 2.28. The van der Waals surface area contributed by atoms with Crippen LogP contribution in [0.15, 0.2) is 76.7 Å². The lowest BCUT2D eigenvalue weighted by Crippen LogP contribution is -2.39. The summed E-state index contributed by atoms with van der Waals surface area (Å²) in [6.07, 6.45) is 1.45. The van der Waals surface area contributed by atoms with Crippen molar-refractivity contribution < 1.29 is 17.6 Å². The summed E-state index contributed by atoms with van der Waals surface area (Å²) in [5.41, 5.74) is 4.94. The molecule has 0 aliphatic carbocycles. The van der Waals surface area contributed by atoms with Crippen LogP contribution in [0.4, 0.5) is 10.1 Å². The maximum absolute atomic E-state index is 14.4. The van der Waals surface area contributed by atoms with Crippen LogP contribution < -0.4 is 10.3 Å². The molecule has 0 atom stereocenters. The van der Waals surface area contributed by atoms with Crippen LogP contribution in [0, 0.1) is 12.7 Å². The van der Waals surface area contributed by atoms with E-state index in [2.05, 4.69) is 10.5 Å². The molecule has 35 heavy (non-hydrogen) atoms. The molecule has 10 heteroatoms. The number of rotatable bonds is 9. The molecule has 3 aromatic carbocycles. The van der Waals surface area contributed by atoms with Crippen LogP contribution in [0.2, 0.25) is 5.02 Å². The fourth-order valence-corrected chi connectivity index (χ4v) is 4.76. The zero-order valence-corrected chi connectivity index (χ0v) is 21.1. The van der Waals surface area contributed by atoms with Crippen LogP contribution >= 0.6 is 11.6 Å². The van der Waals surface area contributed by atoms with E-state index in [9.17, 15) is 17.6 Å². The summed E-state index contributed by atoms with van der Waals surface area (Å²) in [4.78, 5) is 14.5. The van der Waals surface area contributed by atoms with Gasteiger partial charge in [0.1, 0.15) is 5.82 Å². The molecule has 1 amide bonds. The van der Waals surface area contributed by atoms with E-state index in [1.165, 1.54) is 36.5 Å². The van der Waals surface area contributed by atoms with Crippen LogP contribution in [0.1, 0.15) is 16.7 Å². The van der Waals surface area contributed by atoms with Gasteiger partial charge in [0.05, 0.1) is 17.7 Å². The fourth-order valence-electron chi connectivity index (χ4n) is 3.18. The number of amides is 1. The second-order valence-corrected chi connectivity index (χ2v) is 10.4. The molecule has 0 saturated heterocycles. The number of nitrogens with one attached hydrogen (secondary N) is 1. The van der Waals surface area contributed by atoms with Crippen molar-refractivity contribution in [1.82, 2.24) is 9.73 Å². The number of anilines is 1. The molecule has 3 aromatic rings. The molecular formula is C25H26ClFN4O3S. The van der Waals surface area contributed by atoms with E-state index in [1.54, 1.807) is 12.1 Å². The molecule has 0 bridgehead atoms. The Hall–Kier alpha value is -3.27.